The molecule has 17 rings (SSSR count). The van der Waals surface area contributed by atoms with E-state index in [1.165, 1.54) is 18.2 Å². The second-order valence-electron chi connectivity index (χ2n) is 23.5. The zero-order valence-corrected chi connectivity index (χ0v) is 56.2. The molecule has 0 amide bonds. The van der Waals surface area contributed by atoms with Crippen molar-refractivity contribution in [3.8, 4) is 95.5 Å². The van der Waals surface area contributed by atoms with Crippen LogP contribution in [0.2, 0.25) is 0 Å². The topological polar surface area (TPSA) is 35.9 Å². The minimum absolute atomic E-state index is 0. The Labute approximate surface area is 663 Å². The third kappa shape index (κ3) is 12.1. The zero-order valence-electron chi connectivity index (χ0n) is 93.9. The Morgan fingerprint density at radius 2 is 0.881 bits per heavy atom. The van der Waals surface area contributed by atoms with Gasteiger partial charge in [0, 0.05) is 44.3 Å². The van der Waals surface area contributed by atoms with Crippen molar-refractivity contribution in [3.05, 3.63) is 381 Å². The van der Waals surface area contributed by atoms with Gasteiger partial charge >= 0.3 is 0 Å². The Morgan fingerprint density at radius 1 is 0.416 bits per heavy atom. The number of pyridine rings is 1. The summed E-state index contributed by atoms with van der Waals surface area (Å²) in [4.78, 5) is 4.81. The number of rotatable bonds is 15. The molecule has 0 saturated heterocycles. The fourth-order valence-corrected chi connectivity index (χ4v) is 15.9. The van der Waals surface area contributed by atoms with Crippen molar-refractivity contribution in [1.82, 2.24) is 14.1 Å². The van der Waals surface area contributed by atoms with Gasteiger partial charge in [0.1, 0.15) is 5.82 Å². The van der Waals surface area contributed by atoms with Crippen LogP contribution in [0.3, 0.4) is 0 Å². The summed E-state index contributed by atoms with van der Waals surface area (Å²) in [5, 5.41) is -2.07. The van der Waals surface area contributed by atoms with Crippen molar-refractivity contribution in [3.63, 3.8) is 0 Å². The standard InChI is InChI=1S/C94H68N4OSi.Pt/c1-94(2,3)76-53-54-95-92(61-76)98-88-48-26-25-45-86(88)87-51-49-79(63-90(87)98)99-78-38-27-37-77(62-78)96-65-97(89-52-50-83(64-91(89)96)100(80-39-19-8-20-40-80,81-41-21-9-22-42-81)82-43-23-10-24-44-82)93-84(74-57-70(66-29-11-4-12-30-66)55-71(58-74)67-31-13-5-14-32-67)46-28-47-85(93)75-59-72(68-33-15-6-16-34-68)56-73(60-75)69-35-17-7-18-36-69;/h4-61,64H,1-3H3;/q-2;/i4D,5D,6D,7D,8D,9D,10D,11D,12D,13D,14D,15D,16D,17D,18D,19D,20D,21D,22D,23D,24D,29D,30D,31D,32D,33D,34D,35D,36D,39D,40D,41D,42D,43D,44D,55D,56D,57D,58D,59D,60D;. The van der Waals surface area contributed by atoms with Crippen LogP contribution in [0.25, 0.3) is 117 Å². The number of imidazole rings is 1. The van der Waals surface area contributed by atoms with Crippen LogP contribution in [0.15, 0.2) is 357 Å². The Morgan fingerprint density at radius 3 is 1.39 bits per heavy atom. The number of ether oxygens (including phenoxy) is 1. The van der Waals surface area contributed by atoms with Gasteiger partial charge in [0.15, 0.2) is 8.07 Å². The van der Waals surface area contributed by atoms with Crippen LogP contribution in [0.1, 0.15) is 82.5 Å². The van der Waals surface area contributed by atoms with Gasteiger partial charge < -0.3 is 13.9 Å². The van der Waals surface area contributed by atoms with E-state index < -0.39 is 360 Å². The van der Waals surface area contributed by atoms with Gasteiger partial charge in [0.05, 0.1) is 72.9 Å². The molecule has 0 N–H and O–H groups in total. The molecule has 0 saturated carbocycles. The van der Waals surface area contributed by atoms with Crippen molar-refractivity contribution < 1.29 is 86.6 Å². The summed E-state index contributed by atoms with van der Waals surface area (Å²) in [6, 6.07) is -14.1. The maximum atomic E-state index is 10.8. The summed E-state index contributed by atoms with van der Waals surface area (Å²) in [7, 11) is -6.27. The minimum atomic E-state index is -6.27. The second-order valence-corrected chi connectivity index (χ2v) is 27.1. The summed E-state index contributed by atoms with van der Waals surface area (Å²) in [6.07, 6.45) is 4.89. The molecule has 5 nitrogen and oxygen atoms in total. The average molecular weight is 1530 g/mol. The molecule has 0 aliphatic rings. The molecule has 3 heterocycles. The molecule has 0 radical (unpaired) electrons. The van der Waals surface area contributed by atoms with Crippen LogP contribution < -0.4 is 30.1 Å². The predicted octanol–water partition coefficient (Wildman–Crippen LogP) is 20.3. The summed E-state index contributed by atoms with van der Waals surface area (Å²) in [5.41, 5.74) is -11.5. The smallest absolute Gasteiger partial charge is 0.268 e. The van der Waals surface area contributed by atoms with Crippen LogP contribution in [0.4, 0.5) is 0 Å². The minimum Gasteiger partial charge on any atom is -0.510 e. The SMILES string of the molecule is [2H]c1c([2H])c([2H])c(-c2c([2H])c(-c3cccc(-c4c([2H])c(-c5c([2H])c([2H])c([2H])c([2H])c5[2H])c([2H])c(-c5c([2H])c([2H])c([2H])c([2H])c5[2H])c4[2H])c3-[n+]3[c-]n(-c4[c-]c(Oc5[c-]c6c(cc5)c5ccccc5n6-c5cc(C(C)(C)C)ccn5)ccc4)c4cc([Si](c5c([2H])c([2H])c([2H])c([2H])c5[2H])(c5c([2H])c([2H])c([2H])c([2H])c5[2H])c5c([2H])c([2H])c([2H])c([2H])c5[2H])ccc43)c([2H])c(-c3c([2H])c([2H])c([2H])c([2H])c3[2H])c2[2H])c([2H])c1[2H].[Pt]. The van der Waals surface area contributed by atoms with Gasteiger partial charge in [-0.05, 0) is 164 Å². The van der Waals surface area contributed by atoms with Gasteiger partial charge in [0.2, 0.25) is 0 Å². The van der Waals surface area contributed by atoms with E-state index in [1.54, 1.807) is 18.3 Å². The first-order chi connectivity index (χ1) is 66.2. The Balaban J connectivity index is 0.0000145. The number of hydrogen-bond donors (Lipinski definition) is 0. The molecule has 3 aromatic heterocycles. The van der Waals surface area contributed by atoms with E-state index >= 15 is 0 Å². The Kier molecular flexibility index (Phi) is 8.85. The van der Waals surface area contributed by atoms with Gasteiger partial charge in [-0.25, -0.2) is 4.98 Å². The summed E-state index contributed by atoms with van der Waals surface area (Å²) in [6.45, 7) is 6.10. The molecule has 0 aliphatic heterocycles. The molecule has 0 bridgehead atoms. The predicted molar refractivity (Wildman–Crippen MR) is 415 cm³/mol. The Bertz CT molecular complexity index is 7700. The van der Waals surface area contributed by atoms with Crippen LogP contribution in [-0.4, -0.2) is 22.2 Å². The fourth-order valence-electron chi connectivity index (χ4n) is 12.1. The molecular weight excluding hydrogens is 1420 g/mol. The van der Waals surface area contributed by atoms with Crippen LogP contribution in [-0.2, 0) is 26.5 Å². The molecule has 0 atom stereocenters. The molecular formula is C94H68N4OPtSi-2. The summed E-state index contributed by atoms with van der Waals surface area (Å²) in [5.74, 6) is 0.311. The number of nitrogens with zero attached hydrogens (tertiary/aromatic N) is 4. The molecule has 17 aromatic rings. The number of aromatic nitrogens is 4. The number of fused-ring (bicyclic) bond motifs is 4. The van der Waals surface area contributed by atoms with E-state index in [1.807, 2.05) is 61.7 Å². The van der Waals surface area contributed by atoms with Gasteiger partial charge in [-0.1, -0.05) is 292 Å². The molecule has 101 heavy (non-hydrogen) atoms. The van der Waals surface area contributed by atoms with Crippen LogP contribution >= 0.6 is 0 Å². The van der Waals surface area contributed by atoms with Crippen molar-refractivity contribution in [1.29, 1.82) is 0 Å². The first kappa shape index (κ1) is 32.9. The van der Waals surface area contributed by atoms with Crippen molar-refractivity contribution in [2.24, 2.45) is 0 Å². The second kappa shape index (κ2) is 27.1. The van der Waals surface area contributed by atoms with E-state index in [9.17, 15) is 35.6 Å². The molecule has 486 valence electrons. The molecule has 7 heteroatoms. The van der Waals surface area contributed by atoms with Gasteiger partial charge in [-0.3, -0.25) is 4.57 Å². The van der Waals surface area contributed by atoms with Crippen molar-refractivity contribution in [2.75, 3.05) is 0 Å². The van der Waals surface area contributed by atoms with Crippen LogP contribution in [0, 0.1) is 18.5 Å². The van der Waals surface area contributed by atoms with Crippen molar-refractivity contribution >= 4 is 61.7 Å². The van der Waals surface area contributed by atoms with Gasteiger partial charge in [-0.15, -0.1) is 29.7 Å². The van der Waals surface area contributed by atoms with E-state index in [2.05, 4.69) is 18.5 Å². The molecule has 14 aromatic carbocycles. The van der Waals surface area contributed by atoms with E-state index in [0.717, 1.165) is 56.5 Å². The third-order valence-electron chi connectivity index (χ3n) is 16.6. The third-order valence-corrected chi connectivity index (χ3v) is 20.8. The maximum absolute atomic E-state index is 10.8. The maximum Gasteiger partial charge on any atom is 0.268 e. The molecule has 0 spiro atoms. The summed E-state index contributed by atoms with van der Waals surface area (Å²) < 4.78 is 402. The van der Waals surface area contributed by atoms with E-state index in [4.69, 9.17) is 30.3 Å². The van der Waals surface area contributed by atoms with Crippen LogP contribution in [0.5, 0.6) is 11.5 Å². The van der Waals surface area contributed by atoms with E-state index in [-0.39, 0.29) is 43.7 Å². The Hall–Kier alpha value is -11.8. The quantitative estimate of drug-likeness (QED) is 0.0444. The zero-order chi connectivity index (χ0) is 103. The molecule has 0 unspecified atom stereocenters. The van der Waals surface area contributed by atoms with E-state index in [0.29, 0.717) is 22.2 Å². The normalized spacial score (nSPS) is 17.3. The number of benzene rings is 14. The molecule has 0 fully saturated rings. The van der Waals surface area contributed by atoms with Crippen molar-refractivity contribution in [2.45, 2.75) is 26.2 Å². The van der Waals surface area contributed by atoms with Gasteiger partial charge in [-0.2, -0.15) is 18.2 Å². The summed E-state index contributed by atoms with van der Waals surface area (Å²) >= 11 is 0. The average Bonchev–Trinajstić information content (AvgIpc) is 0.918. The monoisotopic (exact) mass is 1530 g/mol. The first-order valence-corrected chi connectivity index (χ1v) is 32.8. The number of para-hydroxylation sites is 2. The largest absolute Gasteiger partial charge is 0.510 e. The fraction of sp³-hybridized carbons (Fsp3) is 0.0426. The van der Waals surface area contributed by atoms with Gasteiger partial charge in [0.25, 0.3) is 6.33 Å². The molecule has 0 aliphatic carbocycles. The first-order valence-electron chi connectivity index (χ1n) is 51.3. The number of hydrogen-bond acceptors (Lipinski definition) is 2.